The van der Waals surface area contributed by atoms with Crippen molar-refractivity contribution < 1.29 is 9.90 Å². The van der Waals surface area contributed by atoms with E-state index in [1.165, 1.54) is 11.8 Å². The molecule has 1 aromatic carbocycles. The van der Waals surface area contributed by atoms with Crippen LogP contribution in [0.2, 0.25) is 5.02 Å². The molecule has 1 amide bonds. The number of β-amino-alcohol motifs (C(OH)–C–C–N with tert-alkyl or cyclic N) is 1. The fraction of sp³-hybridized carbons (Fsp3) is 0.533. The predicted molar refractivity (Wildman–Crippen MR) is 86.9 cm³/mol. The zero-order valence-corrected chi connectivity index (χ0v) is 13.7. The van der Waals surface area contributed by atoms with Gasteiger partial charge in [0.05, 0.1) is 16.9 Å². The first-order valence-corrected chi connectivity index (χ1v) is 8.40. The van der Waals surface area contributed by atoms with Crippen LogP contribution >= 0.6 is 23.4 Å². The molecule has 2 rings (SSSR count). The van der Waals surface area contributed by atoms with E-state index in [2.05, 4.69) is 4.90 Å². The van der Waals surface area contributed by atoms with E-state index in [0.29, 0.717) is 11.6 Å². The van der Waals surface area contributed by atoms with Gasteiger partial charge in [0.1, 0.15) is 0 Å². The number of carbonyl (C=O) groups excluding carboxylic acids is 1. The van der Waals surface area contributed by atoms with Crippen molar-refractivity contribution >= 4 is 29.3 Å². The number of benzene rings is 1. The minimum atomic E-state index is -0.144. The summed E-state index contributed by atoms with van der Waals surface area (Å²) in [6, 6.07) is 7.60. The summed E-state index contributed by atoms with van der Waals surface area (Å²) in [5.74, 6) is 0.156. The number of halogens is 1. The maximum atomic E-state index is 12.5. The molecule has 0 aromatic heterocycles. The first-order chi connectivity index (χ1) is 10.1. The number of piperazine rings is 1. The SMILES string of the molecule is CC(Sc1ccccc1Cl)C(=O)N1CCN(CCO)CC1. The van der Waals surface area contributed by atoms with E-state index in [1.54, 1.807) is 0 Å². The number of carbonyl (C=O) groups is 1. The molecule has 116 valence electrons. The molecule has 1 saturated heterocycles. The standard InChI is InChI=1S/C15H21ClN2O2S/c1-12(21-14-5-3-2-4-13(14)16)15(20)18-8-6-17(7-9-18)10-11-19/h2-5,12,19H,6-11H2,1H3. The second kappa shape index (κ2) is 8.03. The molecule has 1 unspecified atom stereocenters. The summed E-state index contributed by atoms with van der Waals surface area (Å²) in [5, 5.41) is 9.48. The van der Waals surface area contributed by atoms with Crippen LogP contribution in [0.3, 0.4) is 0 Å². The van der Waals surface area contributed by atoms with E-state index in [1.807, 2.05) is 36.1 Å². The molecule has 21 heavy (non-hydrogen) atoms. The smallest absolute Gasteiger partial charge is 0.235 e. The van der Waals surface area contributed by atoms with Crippen LogP contribution in [-0.4, -0.2) is 65.4 Å². The van der Waals surface area contributed by atoms with Crippen LogP contribution in [0.15, 0.2) is 29.2 Å². The lowest BCUT2D eigenvalue weighted by Crippen LogP contribution is -2.51. The van der Waals surface area contributed by atoms with Gasteiger partial charge in [-0.25, -0.2) is 0 Å². The van der Waals surface area contributed by atoms with Crippen LogP contribution in [0.5, 0.6) is 0 Å². The van der Waals surface area contributed by atoms with Crippen LogP contribution in [-0.2, 0) is 4.79 Å². The molecule has 0 radical (unpaired) electrons. The number of hydrogen-bond donors (Lipinski definition) is 1. The highest BCUT2D eigenvalue weighted by Gasteiger charge is 2.25. The van der Waals surface area contributed by atoms with Crippen molar-refractivity contribution in [3.05, 3.63) is 29.3 Å². The van der Waals surface area contributed by atoms with Crippen LogP contribution in [0.4, 0.5) is 0 Å². The van der Waals surface area contributed by atoms with Gasteiger partial charge in [-0.1, -0.05) is 23.7 Å². The Balaban J connectivity index is 1.87. The van der Waals surface area contributed by atoms with Crippen molar-refractivity contribution in [3.63, 3.8) is 0 Å². The van der Waals surface area contributed by atoms with Gasteiger partial charge >= 0.3 is 0 Å². The first-order valence-electron chi connectivity index (χ1n) is 7.15. The van der Waals surface area contributed by atoms with Crippen LogP contribution in [0, 0.1) is 0 Å². The molecule has 0 aliphatic carbocycles. The van der Waals surface area contributed by atoms with Gasteiger partial charge in [0.2, 0.25) is 5.91 Å². The molecule has 6 heteroatoms. The number of thioether (sulfide) groups is 1. The highest BCUT2D eigenvalue weighted by Crippen LogP contribution is 2.30. The largest absolute Gasteiger partial charge is 0.395 e. The lowest BCUT2D eigenvalue weighted by molar-refractivity contribution is -0.132. The van der Waals surface area contributed by atoms with Crippen LogP contribution in [0.25, 0.3) is 0 Å². The second-order valence-corrected chi connectivity index (χ2v) is 6.87. The van der Waals surface area contributed by atoms with Gasteiger partial charge in [-0.05, 0) is 19.1 Å². The normalized spacial score (nSPS) is 17.8. The number of amides is 1. The van der Waals surface area contributed by atoms with Gasteiger partial charge in [0.15, 0.2) is 0 Å². The molecule has 0 spiro atoms. The quantitative estimate of drug-likeness (QED) is 0.839. The van der Waals surface area contributed by atoms with Gasteiger partial charge in [0.25, 0.3) is 0 Å². The van der Waals surface area contributed by atoms with Crippen LogP contribution in [0.1, 0.15) is 6.92 Å². The zero-order chi connectivity index (χ0) is 15.2. The van der Waals surface area contributed by atoms with Crippen molar-refractivity contribution in [1.29, 1.82) is 0 Å². The summed E-state index contributed by atoms with van der Waals surface area (Å²) in [4.78, 5) is 17.5. The number of aliphatic hydroxyl groups excluding tert-OH is 1. The van der Waals surface area contributed by atoms with Crippen molar-refractivity contribution in [2.75, 3.05) is 39.3 Å². The Labute approximate surface area is 135 Å². The summed E-state index contributed by atoms with van der Waals surface area (Å²) in [6.07, 6.45) is 0. The Morgan fingerprint density at radius 2 is 2.00 bits per heavy atom. The third kappa shape index (κ3) is 4.61. The van der Waals surface area contributed by atoms with E-state index in [0.717, 1.165) is 31.1 Å². The molecule has 1 aliphatic rings. The fourth-order valence-corrected chi connectivity index (χ4v) is 3.61. The predicted octanol–water partition coefficient (Wildman–Crippen LogP) is 1.96. The fourth-order valence-electron chi connectivity index (χ4n) is 2.37. The average molecular weight is 329 g/mol. The molecule has 1 aromatic rings. The second-order valence-electron chi connectivity index (χ2n) is 5.08. The Kier molecular flexibility index (Phi) is 6.36. The van der Waals surface area contributed by atoms with Crippen molar-refractivity contribution in [3.8, 4) is 0 Å². The summed E-state index contributed by atoms with van der Waals surface area (Å²) < 4.78 is 0. The molecule has 1 N–H and O–H groups in total. The summed E-state index contributed by atoms with van der Waals surface area (Å²) in [5.41, 5.74) is 0. The summed E-state index contributed by atoms with van der Waals surface area (Å²) >= 11 is 7.64. The van der Waals surface area contributed by atoms with Crippen LogP contribution < -0.4 is 0 Å². The maximum absolute atomic E-state index is 12.5. The lowest BCUT2D eigenvalue weighted by atomic mass is 10.3. The highest BCUT2D eigenvalue weighted by atomic mass is 35.5. The number of hydrogen-bond acceptors (Lipinski definition) is 4. The minimum absolute atomic E-state index is 0.144. The monoisotopic (exact) mass is 328 g/mol. The van der Waals surface area contributed by atoms with E-state index in [9.17, 15) is 4.79 Å². The number of nitrogens with zero attached hydrogens (tertiary/aromatic N) is 2. The van der Waals surface area contributed by atoms with Gasteiger partial charge < -0.3 is 10.0 Å². The van der Waals surface area contributed by atoms with Crippen molar-refractivity contribution in [2.24, 2.45) is 0 Å². The van der Waals surface area contributed by atoms with Gasteiger partial charge in [-0.3, -0.25) is 9.69 Å². The van der Waals surface area contributed by atoms with Gasteiger partial charge in [0, 0.05) is 37.6 Å². The van der Waals surface area contributed by atoms with Crippen molar-refractivity contribution in [1.82, 2.24) is 9.80 Å². The molecule has 1 atom stereocenters. The zero-order valence-electron chi connectivity index (χ0n) is 12.2. The summed E-state index contributed by atoms with van der Waals surface area (Å²) in [7, 11) is 0. The van der Waals surface area contributed by atoms with E-state index in [-0.39, 0.29) is 17.8 Å². The molecule has 1 fully saturated rings. The Hall–Kier alpha value is -0.750. The highest BCUT2D eigenvalue weighted by molar-refractivity contribution is 8.00. The Morgan fingerprint density at radius 3 is 2.62 bits per heavy atom. The van der Waals surface area contributed by atoms with Gasteiger partial charge in [-0.15, -0.1) is 11.8 Å². The molecule has 1 heterocycles. The topological polar surface area (TPSA) is 43.8 Å². The van der Waals surface area contributed by atoms with E-state index in [4.69, 9.17) is 16.7 Å². The van der Waals surface area contributed by atoms with Crippen molar-refractivity contribution in [2.45, 2.75) is 17.1 Å². The third-order valence-electron chi connectivity index (χ3n) is 3.59. The Bertz CT molecular complexity index is 478. The molecular formula is C15H21ClN2O2S. The molecule has 1 aliphatic heterocycles. The summed E-state index contributed by atoms with van der Waals surface area (Å²) in [6.45, 7) is 5.90. The number of aliphatic hydroxyl groups is 1. The third-order valence-corrected chi connectivity index (χ3v) is 5.20. The van der Waals surface area contributed by atoms with Gasteiger partial charge in [-0.2, -0.15) is 0 Å². The number of rotatable bonds is 5. The lowest BCUT2D eigenvalue weighted by Gasteiger charge is -2.35. The van der Waals surface area contributed by atoms with E-state index < -0.39 is 0 Å². The molecule has 0 bridgehead atoms. The molecular weight excluding hydrogens is 308 g/mol. The first kappa shape index (κ1) is 16.6. The van der Waals surface area contributed by atoms with E-state index >= 15 is 0 Å². The maximum Gasteiger partial charge on any atom is 0.235 e. The average Bonchev–Trinajstić information content (AvgIpc) is 2.50. The molecule has 4 nitrogen and oxygen atoms in total. The minimum Gasteiger partial charge on any atom is -0.395 e. The Morgan fingerprint density at radius 1 is 1.33 bits per heavy atom. The molecule has 0 saturated carbocycles.